The number of furan rings is 2. The highest BCUT2D eigenvalue weighted by Crippen LogP contribution is 2.52. The predicted molar refractivity (Wildman–Crippen MR) is 274 cm³/mol. The summed E-state index contributed by atoms with van der Waals surface area (Å²) in [6.07, 6.45) is 0. The first-order valence-corrected chi connectivity index (χ1v) is 23.0. The fraction of sp³-hybridized carbons (Fsp3) is 0.138. The Hall–Kier alpha value is -7.02. The molecular weight excluding hydrogens is 800 g/mol. The standard InChI is InChI=1S/C58H46BN2O2S/c1-57(2,3)35-24-27-37(28-25-35)60-45-33-49-43(38-18-10-13-21-47(38)62-49)31-42(45)44-32-50-52(39-19-11-14-22-48(39)63-50)55-53(44)59-54-40-20-12-15-23-51(40)64-56(54)61(55)46-29-26-36(58(4,5)6)30-41(46)34-16-8-7-9-17-34/h7-33,60H,1-6H3. The number of thiophene rings is 1. The van der Waals surface area contributed by atoms with Crippen LogP contribution < -0.4 is 21.1 Å². The second-order valence-electron chi connectivity index (χ2n) is 19.2. The van der Waals surface area contributed by atoms with Crippen molar-refractivity contribution in [1.29, 1.82) is 0 Å². The van der Waals surface area contributed by atoms with E-state index in [-0.39, 0.29) is 10.8 Å². The minimum atomic E-state index is -0.0496. The lowest BCUT2D eigenvalue weighted by Gasteiger charge is -2.35. The molecule has 64 heavy (non-hydrogen) atoms. The van der Waals surface area contributed by atoms with Crippen LogP contribution >= 0.6 is 11.3 Å². The molecule has 1 radical (unpaired) electrons. The monoisotopic (exact) mass is 845 g/mol. The molecule has 11 aromatic rings. The molecule has 0 saturated heterocycles. The molecule has 8 aromatic carbocycles. The first-order valence-electron chi connectivity index (χ1n) is 22.2. The zero-order chi connectivity index (χ0) is 43.5. The Morgan fingerprint density at radius 2 is 1.14 bits per heavy atom. The first kappa shape index (κ1) is 38.6. The van der Waals surface area contributed by atoms with Crippen molar-refractivity contribution in [3.8, 4) is 22.3 Å². The van der Waals surface area contributed by atoms with Crippen LogP contribution in [0.5, 0.6) is 0 Å². The average molecular weight is 846 g/mol. The van der Waals surface area contributed by atoms with Crippen LogP contribution in [0.1, 0.15) is 52.7 Å². The molecule has 4 nitrogen and oxygen atoms in total. The summed E-state index contributed by atoms with van der Waals surface area (Å²) < 4.78 is 14.8. The Kier molecular flexibility index (Phi) is 8.60. The number of fused-ring (bicyclic) bond motifs is 11. The van der Waals surface area contributed by atoms with Gasteiger partial charge in [0.15, 0.2) is 7.28 Å². The van der Waals surface area contributed by atoms with Crippen molar-refractivity contribution in [3.05, 3.63) is 175 Å². The van der Waals surface area contributed by atoms with E-state index >= 15 is 0 Å². The third-order valence-corrected chi connectivity index (χ3v) is 14.2. The van der Waals surface area contributed by atoms with Crippen molar-refractivity contribution in [2.24, 2.45) is 0 Å². The molecular formula is C58H46BN2O2S. The summed E-state index contributed by atoms with van der Waals surface area (Å²) in [5, 5.41) is 10.6. The van der Waals surface area contributed by atoms with Gasteiger partial charge in [0.1, 0.15) is 22.3 Å². The van der Waals surface area contributed by atoms with Crippen LogP contribution in [0.25, 0.3) is 76.2 Å². The topological polar surface area (TPSA) is 41.6 Å². The summed E-state index contributed by atoms with van der Waals surface area (Å²) in [5.74, 6) is 0. The molecule has 309 valence electrons. The number of nitrogens with one attached hydrogen (secondary N) is 1. The normalized spacial score (nSPS) is 12.9. The molecule has 0 spiro atoms. The second-order valence-corrected chi connectivity index (χ2v) is 20.3. The van der Waals surface area contributed by atoms with Gasteiger partial charge in [-0.15, -0.1) is 11.3 Å². The third kappa shape index (κ3) is 6.18. The molecule has 1 aliphatic rings. The highest BCUT2D eigenvalue weighted by Gasteiger charge is 2.36. The van der Waals surface area contributed by atoms with Crippen molar-refractivity contribution >= 4 is 111 Å². The van der Waals surface area contributed by atoms with Gasteiger partial charge in [-0.25, -0.2) is 0 Å². The van der Waals surface area contributed by atoms with E-state index in [1.165, 1.54) is 42.8 Å². The molecule has 0 amide bonds. The van der Waals surface area contributed by atoms with Crippen LogP contribution in [-0.4, -0.2) is 7.28 Å². The van der Waals surface area contributed by atoms with E-state index in [4.69, 9.17) is 8.83 Å². The number of nitrogens with zero attached hydrogens (tertiary/aromatic N) is 1. The van der Waals surface area contributed by atoms with Gasteiger partial charge in [-0.2, -0.15) is 0 Å². The molecule has 0 fully saturated rings. The van der Waals surface area contributed by atoms with Gasteiger partial charge in [-0.1, -0.05) is 145 Å². The van der Waals surface area contributed by atoms with Gasteiger partial charge in [0.2, 0.25) is 0 Å². The second kappa shape index (κ2) is 14.3. The maximum absolute atomic E-state index is 6.96. The summed E-state index contributed by atoms with van der Waals surface area (Å²) in [7, 11) is 2.45. The lowest BCUT2D eigenvalue weighted by Crippen LogP contribution is -2.40. The number of anilines is 5. The van der Waals surface area contributed by atoms with Crippen LogP contribution in [0.3, 0.4) is 0 Å². The minimum Gasteiger partial charge on any atom is -0.456 e. The number of rotatable bonds is 5. The molecule has 3 aromatic heterocycles. The third-order valence-electron chi connectivity index (χ3n) is 13.0. The van der Waals surface area contributed by atoms with Crippen LogP contribution in [0.15, 0.2) is 173 Å². The van der Waals surface area contributed by atoms with Gasteiger partial charge in [0, 0.05) is 43.7 Å². The number of hydrogen-bond acceptors (Lipinski definition) is 5. The fourth-order valence-electron chi connectivity index (χ4n) is 9.67. The minimum absolute atomic E-state index is 0.0394. The molecule has 0 unspecified atom stereocenters. The maximum Gasteiger partial charge on any atom is 0.199 e. The van der Waals surface area contributed by atoms with Gasteiger partial charge in [-0.05, 0) is 104 Å². The van der Waals surface area contributed by atoms with Gasteiger partial charge < -0.3 is 19.1 Å². The lowest BCUT2D eigenvalue weighted by molar-refractivity contribution is 0.590. The lowest BCUT2D eigenvalue weighted by atomic mass is 9.58. The van der Waals surface area contributed by atoms with Crippen molar-refractivity contribution < 1.29 is 8.83 Å². The SMILES string of the molecule is CC(C)(C)c1ccc(Nc2cc3oc4ccccc4c3cc2-c2cc3oc4ccccc4c3c3c2[B]c2c(sc4ccccc24)N3c2ccc(C(C)(C)C)cc2-c2ccccc2)cc1. The van der Waals surface area contributed by atoms with Crippen molar-refractivity contribution in [2.45, 2.75) is 52.4 Å². The van der Waals surface area contributed by atoms with Crippen molar-refractivity contribution in [2.75, 3.05) is 10.2 Å². The van der Waals surface area contributed by atoms with Gasteiger partial charge >= 0.3 is 0 Å². The Labute approximate surface area is 378 Å². The van der Waals surface area contributed by atoms with E-state index in [1.807, 2.05) is 17.4 Å². The molecule has 1 N–H and O–H groups in total. The van der Waals surface area contributed by atoms with Crippen molar-refractivity contribution in [3.63, 3.8) is 0 Å². The Balaban J connectivity index is 1.20. The van der Waals surface area contributed by atoms with Gasteiger partial charge in [-0.3, -0.25) is 0 Å². The van der Waals surface area contributed by atoms with Gasteiger partial charge in [0.25, 0.3) is 0 Å². The molecule has 1 aliphatic heterocycles. The zero-order valence-electron chi connectivity index (χ0n) is 36.8. The molecule has 12 rings (SSSR count). The molecule has 0 aliphatic carbocycles. The van der Waals surface area contributed by atoms with Crippen LogP contribution in [0.4, 0.5) is 27.8 Å². The quantitative estimate of drug-likeness (QED) is 0.175. The highest BCUT2D eigenvalue weighted by molar-refractivity contribution is 7.25. The van der Waals surface area contributed by atoms with E-state index in [0.29, 0.717) is 0 Å². The van der Waals surface area contributed by atoms with E-state index in [2.05, 4.69) is 217 Å². The maximum atomic E-state index is 6.96. The molecule has 0 atom stereocenters. The summed E-state index contributed by atoms with van der Waals surface area (Å²) in [6, 6.07) is 59.3. The zero-order valence-corrected chi connectivity index (χ0v) is 37.7. The summed E-state index contributed by atoms with van der Waals surface area (Å²) in [4.78, 5) is 2.56. The van der Waals surface area contributed by atoms with E-state index in [1.54, 1.807) is 0 Å². The Bertz CT molecular complexity index is 3640. The van der Waals surface area contributed by atoms with Gasteiger partial charge in [0.05, 0.1) is 27.4 Å². The Morgan fingerprint density at radius 1 is 0.500 bits per heavy atom. The van der Waals surface area contributed by atoms with E-state index < -0.39 is 0 Å². The Morgan fingerprint density at radius 3 is 1.89 bits per heavy atom. The summed E-state index contributed by atoms with van der Waals surface area (Å²) >= 11 is 1.85. The molecule has 0 bridgehead atoms. The first-order chi connectivity index (χ1) is 31.0. The predicted octanol–water partition coefficient (Wildman–Crippen LogP) is 15.8. The fourth-order valence-corrected chi connectivity index (χ4v) is 10.9. The number of hydrogen-bond donors (Lipinski definition) is 1. The largest absolute Gasteiger partial charge is 0.456 e. The van der Waals surface area contributed by atoms with E-state index in [0.717, 1.165) is 83.2 Å². The number of benzene rings is 8. The van der Waals surface area contributed by atoms with Crippen molar-refractivity contribution in [1.82, 2.24) is 0 Å². The van der Waals surface area contributed by atoms with Crippen LogP contribution in [-0.2, 0) is 10.8 Å². The van der Waals surface area contributed by atoms with E-state index in [9.17, 15) is 0 Å². The summed E-state index contributed by atoms with van der Waals surface area (Å²) in [5.41, 5.74) is 17.0. The van der Waals surface area contributed by atoms with Crippen LogP contribution in [0, 0.1) is 0 Å². The number of para-hydroxylation sites is 2. The highest BCUT2D eigenvalue weighted by atomic mass is 32.1. The van der Waals surface area contributed by atoms with Crippen LogP contribution in [0.2, 0.25) is 0 Å². The summed E-state index contributed by atoms with van der Waals surface area (Å²) in [6.45, 7) is 13.6. The smallest absolute Gasteiger partial charge is 0.199 e. The molecule has 4 heterocycles. The molecule has 0 saturated carbocycles. The average Bonchev–Trinajstić information content (AvgIpc) is 3.98. The molecule has 6 heteroatoms.